The average Bonchev–Trinajstić information content (AvgIpc) is 2.29. The van der Waals surface area contributed by atoms with Crippen LogP contribution >= 0.6 is 0 Å². The van der Waals surface area contributed by atoms with Crippen LogP contribution in [0.2, 0.25) is 0 Å². The zero-order chi connectivity index (χ0) is 10.7. The van der Waals surface area contributed by atoms with Gasteiger partial charge >= 0.3 is 0 Å². The molecule has 0 radical (unpaired) electrons. The number of nitrogens with one attached hydrogen (secondary N) is 1. The largest absolute Gasteiger partial charge is 0.322 e. The van der Waals surface area contributed by atoms with Gasteiger partial charge in [0.2, 0.25) is 5.91 Å². The van der Waals surface area contributed by atoms with Gasteiger partial charge in [0.1, 0.15) is 0 Å². The first-order valence-corrected chi connectivity index (χ1v) is 5.35. The van der Waals surface area contributed by atoms with Crippen LogP contribution in [0.4, 0.5) is 5.69 Å². The average molecular weight is 201 g/mol. The van der Waals surface area contributed by atoms with Crippen molar-refractivity contribution in [3.05, 3.63) is 42.0 Å². The molecule has 0 aliphatic heterocycles. The Morgan fingerprint density at radius 3 is 2.93 bits per heavy atom. The van der Waals surface area contributed by atoms with Gasteiger partial charge in [-0.2, -0.15) is 0 Å². The second kappa shape index (κ2) is 4.30. The van der Waals surface area contributed by atoms with Gasteiger partial charge in [0.05, 0.1) is 0 Å². The molecule has 1 aromatic rings. The molecule has 0 saturated heterocycles. The summed E-state index contributed by atoms with van der Waals surface area (Å²) >= 11 is 0. The third-order valence-electron chi connectivity index (χ3n) is 2.84. The number of amides is 1. The van der Waals surface area contributed by atoms with Crippen LogP contribution in [0.15, 0.2) is 30.9 Å². The fourth-order valence-corrected chi connectivity index (χ4v) is 2.08. The van der Waals surface area contributed by atoms with E-state index < -0.39 is 0 Å². The summed E-state index contributed by atoms with van der Waals surface area (Å²) in [6, 6.07) is 6.12. The smallest absolute Gasteiger partial charge is 0.247 e. The Morgan fingerprint density at radius 1 is 1.33 bits per heavy atom. The number of carbonyl (C=O) groups excluding carboxylic acids is 1. The summed E-state index contributed by atoms with van der Waals surface area (Å²) in [6.07, 6.45) is 5.98. The number of hydrogen-bond donors (Lipinski definition) is 1. The van der Waals surface area contributed by atoms with Crippen molar-refractivity contribution in [3.63, 3.8) is 0 Å². The van der Waals surface area contributed by atoms with Crippen LogP contribution in [0.1, 0.15) is 24.0 Å². The van der Waals surface area contributed by atoms with E-state index in [0.29, 0.717) is 0 Å². The summed E-state index contributed by atoms with van der Waals surface area (Å²) in [7, 11) is 0. The third kappa shape index (κ3) is 2.09. The highest BCUT2D eigenvalue weighted by molar-refractivity contribution is 5.99. The Hall–Kier alpha value is -1.57. The first kappa shape index (κ1) is 9.97. The molecule has 0 spiro atoms. The maximum atomic E-state index is 11.2. The Kier molecular flexibility index (Phi) is 2.86. The van der Waals surface area contributed by atoms with Crippen LogP contribution in [-0.2, 0) is 17.6 Å². The lowest BCUT2D eigenvalue weighted by Crippen LogP contribution is -2.12. The van der Waals surface area contributed by atoms with Crippen LogP contribution in [0.3, 0.4) is 0 Å². The third-order valence-corrected chi connectivity index (χ3v) is 2.84. The quantitative estimate of drug-likeness (QED) is 0.732. The van der Waals surface area contributed by atoms with Gasteiger partial charge in [0, 0.05) is 5.69 Å². The van der Waals surface area contributed by atoms with Crippen LogP contribution in [0, 0.1) is 0 Å². The predicted molar refractivity (Wildman–Crippen MR) is 61.9 cm³/mol. The van der Waals surface area contributed by atoms with E-state index in [0.717, 1.165) is 18.5 Å². The number of aryl methyl sites for hydroxylation is 1. The number of benzene rings is 1. The zero-order valence-corrected chi connectivity index (χ0v) is 8.75. The van der Waals surface area contributed by atoms with Crippen LogP contribution in [0.25, 0.3) is 0 Å². The summed E-state index contributed by atoms with van der Waals surface area (Å²) in [5.74, 6) is -0.131. The summed E-state index contributed by atoms with van der Waals surface area (Å²) < 4.78 is 0. The van der Waals surface area contributed by atoms with Gasteiger partial charge in [-0.05, 0) is 49.0 Å². The minimum Gasteiger partial charge on any atom is -0.322 e. The van der Waals surface area contributed by atoms with E-state index in [9.17, 15) is 4.79 Å². The van der Waals surface area contributed by atoms with Gasteiger partial charge < -0.3 is 5.32 Å². The van der Waals surface area contributed by atoms with E-state index in [1.165, 1.54) is 30.0 Å². The molecule has 0 bridgehead atoms. The minimum absolute atomic E-state index is 0.131. The SMILES string of the molecule is C=CC(=O)Nc1cccc2c1CCCC2. The molecule has 1 aromatic carbocycles. The van der Waals surface area contributed by atoms with E-state index in [1.807, 2.05) is 12.1 Å². The highest BCUT2D eigenvalue weighted by atomic mass is 16.1. The summed E-state index contributed by atoms with van der Waals surface area (Å²) in [4.78, 5) is 11.2. The Bertz CT molecular complexity index is 396. The monoisotopic (exact) mass is 201 g/mol. The van der Waals surface area contributed by atoms with Crippen molar-refractivity contribution in [2.75, 3.05) is 5.32 Å². The fourth-order valence-electron chi connectivity index (χ4n) is 2.08. The van der Waals surface area contributed by atoms with Crippen molar-refractivity contribution in [2.45, 2.75) is 25.7 Å². The van der Waals surface area contributed by atoms with Crippen molar-refractivity contribution in [3.8, 4) is 0 Å². The number of rotatable bonds is 2. The lowest BCUT2D eigenvalue weighted by Gasteiger charge is -2.19. The topological polar surface area (TPSA) is 29.1 Å². The first-order valence-electron chi connectivity index (χ1n) is 5.35. The first-order chi connectivity index (χ1) is 7.31. The molecule has 0 heterocycles. The van der Waals surface area contributed by atoms with Crippen LogP contribution in [0.5, 0.6) is 0 Å². The van der Waals surface area contributed by atoms with Crippen molar-refractivity contribution in [1.29, 1.82) is 0 Å². The number of fused-ring (bicyclic) bond motifs is 1. The fraction of sp³-hybridized carbons (Fsp3) is 0.308. The molecule has 0 unspecified atom stereocenters. The van der Waals surface area contributed by atoms with Crippen molar-refractivity contribution in [2.24, 2.45) is 0 Å². The molecule has 1 aliphatic rings. The predicted octanol–water partition coefficient (Wildman–Crippen LogP) is 2.69. The number of hydrogen-bond acceptors (Lipinski definition) is 1. The standard InChI is InChI=1S/C13H15NO/c1-2-13(15)14-12-9-5-7-10-6-3-4-8-11(10)12/h2,5,7,9H,1,3-4,6,8H2,(H,14,15). The molecule has 0 atom stereocenters. The molecule has 2 nitrogen and oxygen atoms in total. The van der Waals surface area contributed by atoms with Crippen molar-refractivity contribution >= 4 is 11.6 Å². The lowest BCUT2D eigenvalue weighted by molar-refractivity contribution is -0.111. The highest BCUT2D eigenvalue weighted by Crippen LogP contribution is 2.27. The number of anilines is 1. The van der Waals surface area contributed by atoms with E-state index in [4.69, 9.17) is 0 Å². The van der Waals surface area contributed by atoms with E-state index >= 15 is 0 Å². The van der Waals surface area contributed by atoms with Crippen LogP contribution in [-0.4, -0.2) is 5.91 Å². The summed E-state index contributed by atoms with van der Waals surface area (Å²) in [5, 5.41) is 2.86. The maximum absolute atomic E-state index is 11.2. The molecule has 0 aromatic heterocycles. The zero-order valence-electron chi connectivity index (χ0n) is 8.75. The Balaban J connectivity index is 2.30. The summed E-state index contributed by atoms with van der Waals surface area (Å²) in [5.41, 5.74) is 3.64. The molecule has 0 fully saturated rings. The molecular weight excluding hydrogens is 186 g/mol. The van der Waals surface area contributed by atoms with Gasteiger partial charge in [-0.1, -0.05) is 18.7 Å². The van der Waals surface area contributed by atoms with Gasteiger partial charge in [0.25, 0.3) is 0 Å². The lowest BCUT2D eigenvalue weighted by atomic mass is 9.90. The van der Waals surface area contributed by atoms with Crippen molar-refractivity contribution < 1.29 is 4.79 Å². The molecule has 2 heteroatoms. The molecule has 78 valence electrons. The van der Waals surface area contributed by atoms with Gasteiger partial charge in [0.15, 0.2) is 0 Å². The van der Waals surface area contributed by atoms with E-state index in [1.54, 1.807) is 0 Å². The molecule has 1 aliphatic carbocycles. The highest BCUT2D eigenvalue weighted by Gasteiger charge is 2.13. The normalized spacial score (nSPS) is 14.1. The van der Waals surface area contributed by atoms with Gasteiger partial charge in [-0.25, -0.2) is 0 Å². The molecule has 0 saturated carbocycles. The molecular formula is C13H15NO. The summed E-state index contributed by atoms with van der Waals surface area (Å²) in [6.45, 7) is 3.46. The second-order valence-corrected chi connectivity index (χ2v) is 3.84. The Morgan fingerprint density at radius 2 is 2.13 bits per heavy atom. The van der Waals surface area contributed by atoms with E-state index in [-0.39, 0.29) is 5.91 Å². The second-order valence-electron chi connectivity index (χ2n) is 3.84. The van der Waals surface area contributed by atoms with Crippen molar-refractivity contribution in [1.82, 2.24) is 0 Å². The molecule has 2 rings (SSSR count). The van der Waals surface area contributed by atoms with Gasteiger partial charge in [-0.15, -0.1) is 0 Å². The molecule has 1 N–H and O–H groups in total. The van der Waals surface area contributed by atoms with Crippen LogP contribution < -0.4 is 5.32 Å². The number of carbonyl (C=O) groups is 1. The molecule has 1 amide bonds. The minimum atomic E-state index is -0.131. The maximum Gasteiger partial charge on any atom is 0.247 e. The Labute approximate surface area is 90.0 Å². The molecule has 15 heavy (non-hydrogen) atoms. The van der Waals surface area contributed by atoms with E-state index in [2.05, 4.69) is 18.0 Å². The van der Waals surface area contributed by atoms with Gasteiger partial charge in [-0.3, -0.25) is 4.79 Å².